The van der Waals surface area contributed by atoms with E-state index < -0.39 is 5.97 Å². The molecular formula is C13H21NO4. The summed E-state index contributed by atoms with van der Waals surface area (Å²) in [5.74, 6) is -0.845. The first-order chi connectivity index (χ1) is 8.47. The van der Waals surface area contributed by atoms with Crippen molar-refractivity contribution < 1.29 is 19.8 Å². The molecule has 0 heterocycles. The van der Waals surface area contributed by atoms with Gasteiger partial charge in [-0.05, 0) is 38.5 Å². The molecule has 1 aliphatic carbocycles. The summed E-state index contributed by atoms with van der Waals surface area (Å²) < 4.78 is 0. The maximum absolute atomic E-state index is 11.7. The minimum atomic E-state index is -1.07. The Labute approximate surface area is 107 Å². The fourth-order valence-electron chi connectivity index (χ4n) is 2.31. The Morgan fingerprint density at radius 2 is 1.78 bits per heavy atom. The van der Waals surface area contributed by atoms with Crippen LogP contribution in [0, 0.1) is 11.8 Å². The molecule has 1 saturated carbocycles. The molecule has 18 heavy (non-hydrogen) atoms. The second kappa shape index (κ2) is 6.54. The third-order valence-electron chi connectivity index (χ3n) is 3.80. The lowest BCUT2D eigenvalue weighted by Gasteiger charge is -2.18. The third-order valence-corrected chi connectivity index (χ3v) is 3.80. The zero-order chi connectivity index (χ0) is 13.7. The lowest BCUT2D eigenvalue weighted by atomic mass is 9.97. The van der Waals surface area contributed by atoms with Crippen LogP contribution in [0.5, 0.6) is 0 Å². The molecule has 1 aliphatic rings. The number of rotatable bonds is 5. The second-order valence-electron chi connectivity index (χ2n) is 4.90. The van der Waals surface area contributed by atoms with E-state index in [1.54, 1.807) is 0 Å². The summed E-state index contributed by atoms with van der Waals surface area (Å²) in [6, 6.07) is 0. The van der Waals surface area contributed by atoms with Gasteiger partial charge in [-0.25, -0.2) is 4.79 Å². The predicted molar refractivity (Wildman–Crippen MR) is 66.9 cm³/mol. The highest BCUT2D eigenvalue weighted by molar-refractivity contribution is 6.01. The summed E-state index contributed by atoms with van der Waals surface area (Å²) in [6.45, 7) is 3.60. The van der Waals surface area contributed by atoms with Gasteiger partial charge in [-0.3, -0.25) is 4.79 Å². The molecule has 0 aromatic carbocycles. The monoisotopic (exact) mass is 255 g/mol. The number of amides is 1. The quantitative estimate of drug-likeness (QED) is 0.638. The van der Waals surface area contributed by atoms with Crippen LogP contribution in [0.15, 0.2) is 11.1 Å². The van der Waals surface area contributed by atoms with Gasteiger partial charge in [0, 0.05) is 24.3 Å². The molecule has 0 bridgehead atoms. The van der Waals surface area contributed by atoms with E-state index in [4.69, 9.17) is 5.11 Å². The topological polar surface area (TPSA) is 86.6 Å². The number of nitrogens with one attached hydrogen (secondary N) is 1. The number of hydrogen-bond donors (Lipinski definition) is 3. The van der Waals surface area contributed by atoms with Crippen LogP contribution in [0.4, 0.5) is 0 Å². The Bertz CT molecular complexity index is 362. The molecule has 0 aromatic rings. The van der Waals surface area contributed by atoms with Gasteiger partial charge in [0.2, 0.25) is 5.91 Å². The fourth-order valence-corrected chi connectivity index (χ4v) is 2.31. The smallest absolute Gasteiger partial charge is 0.331 e. The average molecular weight is 255 g/mol. The summed E-state index contributed by atoms with van der Waals surface area (Å²) >= 11 is 0. The van der Waals surface area contributed by atoms with E-state index in [1.807, 2.05) is 0 Å². The predicted octanol–water partition coefficient (Wildman–Crippen LogP) is 0.932. The first-order valence-electron chi connectivity index (χ1n) is 6.27. The van der Waals surface area contributed by atoms with Gasteiger partial charge in [-0.15, -0.1) is 0 Å². The van der Waals surface area contributed by atoms with Crippen molar-refractivity contribution in [3.8, 4) is 0 Å². The molecule has 2 unspecified atom stereocenters. The van der Waals surface area contributed by atoms with E-state index in [0.717, 1.165) is 19.3 Å². The van der Waals surface area contributed by atoms with E-state index in [0.29, 0.717) is 12.5 Å². The summed E-state index contributed by atoms with van der Waals surface area (Å²) in [4.78, 5) is 22.5. The van der Waals surface area contributed by atoms with Gasteiger partial charge in [0.1, 0.15) is 0 Å². The number of aliphatic hydroxyl groups is 1. The summed E-state index contributed by atoms with van der Waals surface area (Å²) in [7, 11) is 0. The molecule has 5 nitrogen and oxygen atoms in total. The molecule has 0 saturated heterocycles. The first kappa shape index (κ1) is 14.7. The Kier molecular flexibility index (Phi) is 5.34. The van der Waals surface area contributed by atoms with Crippen molar-refractivity contribution in [3.05, 3.63) is 11.1 Å². The number of carbonyl (C=O) groups is 2. The van der Waals surface area contributed by atoms with Crippen LogP contribution in [-0.4, -0.2) is 35.2 Å². The van der Waals surface area contributed by atoms with Crippen molar-refractivity contribution in [2.75, 3.05) is 13.2 Å². The number of carboxylic acid groups (broad SMARTS) is 1. The third kappa shape index (κ3) is 3.57. The normalized spacial score (nSPS) is 24.6. The largest absolute Gasteiger partial charge is 0.478 e. The molecule has 0 aliphatic heterocycles. The van der Waals surface area contributed by atoms with Crippen LogP contribution in [0.2, 0.25) is 0 Å². The number of aliphatic carboxylic acids is 1. The molecule has 102 valence electrons. The second-order valence-corrected chi connectivity index (χ2v) is 4.90. The molecule has 3 N–H and O–H groups in total. The Morgan fingerprint density at radius 3 is 2.33 bits per heavy atom. The Hall–Kier alpha value is -1.36. The molecule has 2 atom stereocenters. The Morgan fingerprint density at radius 1 is 1.17 bits per heavy atom. The van der Waals surface area contributed by atoms with E-state index >= 15 is 0 Å². The summed E-state index contributed by atoms with van der Waals surface area (Å²) in [5, 5.41) is 20.7. The lowest BCUT2D eigenvalue weighted by molar-refractivity contribution is -0.133. The highest BCUT2D eigenvalue weighted by Crippen LogP contribution is 2.30. The molecule has 1 amide bonds. The summed E-state index contributed by atoms with van der Waals surface area (Å²) in [5.41, 5.74) is 0.304. The Balaban J connectivity index is 2.51. The molecule has 5 heteroatoms. The summed E-state index contributed by atoms with van der Waals surface area (Å²) in [6.07, 6.45) is 3.08. The van der Waals surface area contributed by atoms with E-state index in [2.05, 4.69) is 5.32 Å². The van der Waals surface area contributed by atoms with Crippen molar-refractivity contribution in [2.24, 2.45) is 11.8 Å². The van der Waals surface area contributed by atoms with Gasteiger partial charge in [-0.2, -0.15) is 0 Å². The molecule has 1 fully saturated rings. The zero-order valence-corrected chi connectivity index (χ0v) is 10.9. The highest BCUT2D eigenvalue weighted by Gasteiger charge is 2.27. The van der Waals surface area contributed by atoms with Crippen LogP contribution in [0.1, 0.15) is 33.1 Å². The van der Waals surface area contributed by atoms with E-state index in [9.17, 15) is 14.7 Å². The molecule has 1 rings (SSSR count). The van der Waals surface area contributed by atoms with Gasteiger partial charge in [0.25, 0.3) is 0 Å². The minimum Gasteiger partial charge on any atom is -0.478 e. The van der Waals surface area contributed by atoms with Crippen LogP contribution in [0.25, 0.3) is 0 Å². The molecule has 0 aromatic heterocycles. The van der Waals surface area contributed by atoms with E-state index in [-0.39, 0.29) is 29.6 Å². The number of hydrogen-bond acceptors (Lipinski definition) is 3. The highest BCUT2D eigenvalue weighted by atomic mass is 16.4. The molecular weight excluding hydrogens is 234 g/mol. The lowest BCUT2D eigenvalue weighted by Crippen LogP contribution is -2.32. The standard InChI is InChI=1S/C13H21NO4/c1-8(9(2)13(17)18)12(16)14-6-10-4-3-5-11(10)7-15/h10-11,15H,3-7H2,1-2H3,(H,14,16)(H,17,18). The van der Waals surface area contributed by atoms with Crippen LogP contribution >= 0.6 is 0 Å². The van der Waals surface area contributed by atoms with Crippen molar-refractivity contribution in [1.82, 2.24) is 5.32 Å². The minimum absolute atomic E-state index is 0.0673. The van der Waals surface area contributed by atoms with Gasteiger partial charge in [0.05, 0.1) is 0 Å². The maximum Gasteiger partial charge on any atom is 0.331 e. The molecule has 0 spiro atoms. The van der Waals surface area contributed by atoms with Crippen LogP contribution < -0.4 is 5.32 Å². The van der Waals surface area contributed by atoms with Crippen LogP contribution in [0.3, 0.4) is 0 Å². The van der Waals surface area contributed by atoms with Gasteiger partial charge in [-0.1, -0.05) is 6.42 Å². The SMILES string of the molecule is CC(C(=O)O)=C(C)C(=O)NCC1CCCC1CO. The van der Waals surface area contributed by atoms with Gasteiger partial charge < -0.3 is 15.5 Å². The number of carboxylic acids is 1. The van der Waals surface area contributed by atoms with Gasteiger partial charge >= 0.3 is 5.97 Å². The number of aliphatic hydroxyl groups excluding tert-OH is 1. The average Bonchev–Trinajstić information content (AvgIpc) is 2.81. The van der Waals surface area contributed by atoms with Gasteiger partial charge in [0.15, 0.2) is 0 Å². The van der Waals surface area contributed by atoms with Crippen molar-refractivity contribution in [3.63, 3.8) is 0 Å². The zero-order valence-electron chi connectivity index (χ0n) is 10.9. The maximum atomic E-state index is 11.7. The fraction of sp³-hybridized carbons (Fsp3) is 0.692. The van der Waals surface area contributed by atoms with Crippen molar-refractivity contribution in [2.45, 2.75) is 33.1 Å². The number of carbonyl (C=O) groups excluding carboxylic acids is 1. The molecule has 0 radical (unpaired) electrons. The first-order valence-corrected chi connectivity index (χ1v) is 6.27. The van der Waals surface area contributed by atoms with Crippen LogP contribution in [-0.2, 0) is 9.59 Å². The van der Waals surface area contributed by atoms with E-state index in [1.165, 1.54) is 13.8 Å². The van der Waals surface area contributed by atoms with Crippen molar-refractivity contribution in [1.29, 1.82) is 0 Å². The van der Waals surface area contributed by atoms with Crippen molar-refractivity contribution >= 4 is 11.9 Å².